The lowest BCUT2D eigenvalue weighted by Gasteiger charge is -2.33. The lowest BCUT2D eigenvalue weighted by atomic mass is 9.92. The molecule has 1 unspecified atom stereocenters. The lowest BCUT2D eigenvalue weighted by Crippen LogP contribution is -2.34. The quantitative estimate of drug-likeness (QED) is 0.339. The van der Waals surface area contributed by atoms with Gasteiger partial charge in [-0.3, -0.25) is 9.59 Å². The Morgan fingerprint density at radius 2 is 1.63 bits per heavy atom. The second-order valence-corrected chi connectivity index (χ2v) is 9.93. The first kappa shape index (κ1) is 27.1. The summed E-state index contributed by atoms with van der Waals surface area (Å²) in [6.45, 7) is 4.62. The molecule has 38 heavy (non-hydrogen) atoms. The van der Waals surface area contributed by atoms with E-state index in [-0.39, 0.29) is 17.5 Å². The van der Waals surface area contributed by atoms with Crippen LogP contribution in [0.25, 0.3) is 11.1 Å². The largest absolute Gasteiger partial charge is 0.504 e. The molecule has 4 N–H and O–H groups in total. The molecule has 9 nitrogen and oxygen atoms in total. The van der Waals surface area contributed by atoms with Crippen molar-refractivity contribution in [3.05, 3.63) is 71.3 Å². The van der Waals surface area contributed by atoms with E-state index in [1.807, 2.05) is 0 Å². The van der Waals surface area contributed by atoms with Crippen molar-refractivity contribution in [1.29, 1.82) is 0 Å². The van der Waals surface area contributed by atoms with Gasteiger partial charge in [-0.25, -0.2) is 9.97 Å². The zero-order chi connectivity index (χ0) is 27.2. The van der Waals surface area contributed by atoms with Crippen LogP contribution in [0.3, 0.4) is 0 Å². The van der Waals surface area contributed by atoms with E-state index in [0.717, 1.165) is 42.6 Å². The summed E-state index contributed by atoms with van der Waals surface area (Å²) in [5.41, 5.74) is 4.69. The van der Waals surface area contributed by atoms with Crippen LogP contribution in [0.15, 0.2) is 48.5 Å². The molecule has 0 bridgehead atoms. The first-order valence-electron chi connectivity index (χ1n) is 12.9. The van der Waals surface area contributed by atoms with Gasteiger partial charge in [0.2, 0.25) is 0 Å². The number of benzene rings is 2. The number of anilines is 1. The highest BCUT2D eigenvalue weighted by atomic mass is 16.4. The van der Waals surface area contributed by atoms with Crippen LogP contribution in [0.2, 0.25) is 0 Å². The number of amides is 1. The number of nitrogens with one attached hydrogen (secondary N) is 1. The van der Waals surface area contributed by atoms with Crippen molar-refractivity contribution in [1.82, 2.24) is 15.3 Å². The number of aliphatic hydroxyl groups excluding tert-OH is 1. The van der Waals surface area contributed by atoms with Gasteiger partial charge in [0.15, 0.2) is 11.4 Å². The number of piperidine rings is 1. The molecule has 1 saturated heterocycles. The summed E-state index contributed by atoms with van der Waals surface area (Å²) in [5, 5.41) is 30.8. The predicted octanol–water partition coefficient (Wildman–Crippen LogP) is 3.35. The molecule has 0 saturated carbocycles. The molecule has 1 fully saturated rings. The molecule has 1 atom stereocenters. The van der Waals surface area contributed by atoms with Gasteiger partial charge in [0, 0.05) is 25.2 Å². The van der Waals surface area contributed by atoms with Crippen LogP contribution in [-0.2, 0) is 17.6 Å². The summed E-state index contributed by atoms with van der Waals surface area (Å²) in [7, 11) is 0. The Kier molecular flexibility index (Phi) is 8.58. The average Bonchev–Trinajstić information content (AvgIpc) is 2.90. The molecular formula is C29H34N4O5. The Balaban J connectivity index is 1.34. The summed E-state index contributed by atoms with van der Waals surface area (Å²) >= 11 is 0. The number of aryl methyl sites for hydroxylation is 1. The van der Waals surface area contributed by atoms with Gasteiger partial charge in [0.05, 0.1) is 11.8 Å². The third-order valence-electron chi connectivity index (χ3n) is 6.86. The van der Waals surface area contributed by atoms with Crippen LogP contribution in [0.4, 0.5) is 5.69 Å². The number of carbonyl (C=O) groups is 2. The topological polar surface area (TPSA) is 136 Å². The maximum absolute atomic E-state index is 12.3. The minimum absolute atomic E-state index is 0.191. The Morgan fingerprint density at radius 3 is 2.21 bits per heavy atom. The van der Waals surface area contributed by atoms with Crippen LogP contribution >= 0.6 is 0 Å². The minimum atomic E-state index is -1.17. The van der Waals surface area contributed by atoms with Crippen molar-refractivity contribution in [3.8, 4) is 16.9 Å². The monoisotopic (exact) mass is 518 g/mol. The van der Waals surface area contributed by atoms with Crippen molar-refractivity contribution in [3.63, 3.8) is 0 Å². The molecule has 9 heteroatoms. The summed E-state index contributed by atoms with van der Waals surface area (Å²) in [6, 6.07) is 16.9. The highest BCUT2D eigenvalue weighted by Gasteiger charge is 2.23. The molecular weight excluding hydrogens is 484 g/mol. The number of hydrogen-bond acceptors (Lipinski definition) is 7. The zero-order valence-electron chi connectivity index (χ0n) is 21.7. The molecule has 2 heterocycles. The number of rotatable bonds is 9. The Hall–Kier alpha value is -3.98. The fraction of sp³-hybridized carbons (Fsp3) is 0.379. The SMILES string of the molecule is Cc1nc(CC2CCN(c3ccc(-c4ccc(CC(C)O)cc4)cc3)CC2)nc(C(=O)NCC(=O)O)c1O. The first-order chi connectivity index (χ1) is 18.2. The van der Waals surface area contributed by atoms with Crippen molar-refractivity contribution in [2.45, 2.75) is 45.6 Å². The van der Waals surface area contributed by atoms with Gasteiger partial charge in [-0.1, -0.05) is 36.4 Å². The van der Waals surface area contributed by atoms with Crippen LogP contribution in [-0.4, -0.2) is 62.9 Å². The molecule has 4 rings (SSSR count). The van der Waals surface area contributed by atoms with E-state index in [0.29, 0.717) is 30.3 Å². The van der Waals surface area contributed by atoms with Gasteiger partial charge in [-0.05, 0) is 67.9 Å². The van der Waals surface area contributed by atoms with Gasteiger partial charge >= 0.3 is 5.97 Å². The summed E-state index contributed by atoms with van der Waals surface area (Å²) in [6.07, 6.45) is 2.76. The molecule has 3 aromatic rings. The fourth-order valence-corrected chi connectivity index (χ4v) is 4.81. The van der Waals surface area contributed by atoms with Gasteiger partial charge in [-0.2, -0.15) is 0 Å². The van der Waals surface area contributed by atoms with Gasteiger partial charge in [0.1, 0.15) is 12.4 Å². The maximum atomic E-state index is 12.3. The normalized spacial score (nSPS) is 14.8. The van der Waals surface area contributed by atoms with E-state index in [4.69, 9.17) is 5.11 Å². The fourth-order valence-electron chi connectivity index (χ4n) is 4.81. The Morgan fingerprint density at radius 1 is 1.03 bits per heavy atom. The van der Waals surface area contributed by atoms with E-state index >= 15 is 0 Å². The zero-order valence-corrected chi connectivity index (χ0v) is 21.7. The second-order valence-electron chi connectivity index (χ2n) is 9.93. The van der Waals surface area contributed by atoms with Gasteiger partial charge < -0.3 is 25.5 Å². The number of carbonyl (C=O) groups excluding carboxylic acids is 1. The second kappa shape index (κ2) is 12.0. The third kappa shape index (κ3) is 6.86. The third-order valence-corrected chi connectivity index (χ3v) is 6.86. The molecule has 0 radical (unpaired) electrons. The van der Waals surface area contributed by atoms with Crippen molar-refractivity contribution < 1.29 is 24.9 Å². The number of aliphatic hydroxyl groups is 1. The summed E-state index contributed by atoms with van der Waals surface area (Å²) in [4.78, 5) is 34.0. The van der Waals surface area contributed by atoms with Crippen molar-refractivity contribution >= 4 is 17.6 Å². The van der Waals surface area contributed by atoms with E-state index < -0.39 is 18.4 Å². The molecule has 200 valence electrons. The predicted molar refractivity (Wildman–Crippen MR) is 144 cm³/mol. The standard InChI is InChI=1S/C29H34N4O5/c1-18(34)15-20-3-5-22(6-4-20)23-7-9-24(10-8-23)33-13-11-21(12-14-33)16-25-31-19(2)28(37)27(32-25)29(38)30-17-26(35)36/h3-10,18,21,34,37H,11-17H2,1-2H3,(H,30,38)(H,35,36). The number of aromatic nitrogens is 2. The molecule has 1 aromatic heterocycles. The first-order valence-corrected chi connectivity index (χ1v) is 12.9. The van der Waals surface area contributed by atoms with Crippen LogP contribution in [0, 0.1) is 12.8 Å². The Labute approximate surface area is 222 Å². The number of aliphatic carboxylic acids is 1. The van der Waals surface area contributed by atoms with E-state index in [1.165, 1.54) is 5.69 Å². The molecule has 1 aliphatic heterocycles. The summed E-state index contributed by atoms with van der Waals surface area (Å²) in [5.74, 6) is -1.42. The lowest BCUT2D eigenvalue weighted by molar-refractivity contribution is -0.135. The molecule has 0 aliphatic carbocycles. The Bertz CT molecular complexity index is 1270. The number of aromatic hydroxyl groups is 1. The maximum Gasteiger partial charge on any atom is 0.322 e. The van der Waals surface area contributed by atoms with Crippen LogP contribution in [0.5, 0.6) is 5.75 Å². The van der Waals surface area contributed by atoms with Crippen LogP contribution in [0.1, 0.15) is 47.3 Å². The number of hydrogen-bond donors (Lipinski definition) is 4. The smallest absolute Gasteiger partial charge is 0.322 e. The molecule has 1 amide bonds. The average molecular weight is 519 g/mol. The van der Waals surface area contributed by atoms with E-state index in [1.54, 1.807) is 13.8 Å². The van der Waals surface area contributed by atoms with Gasteiger partial charge in [0.25, 0.3) is 5.91 Å². The summed E-state index contributed by atoms with van der Waals surface area (Å²) < 4.78 is 0. The molecule has 1 aliphatic rings. The van der Waals surface area contributed by atoms with E-state index in [9.17, 15) is 19.8 Å². The highest BCUT2D eigenvalue weighted by Crippen LogP contribution is 2.29. The number of nitrogens with zero attached hydrogens (tertiary/aromatic N) is 3. The number of carboxylic acid groups (broad SMARTS) is 1. The van der Waals surface area contributed by atoms with Crippen molar-refractivity contribution in [2.24, 2.45) is 5.92 Å². The highest BCUT2D eigenvalue weighted by molar-refractivity contribution is 5.96. The minimum Gasteiger partial charge on any atom is -0.504 e. The molecule has 0 spiro atoms. The molecule has 2 aromatic carbocycles. The van der Waals surface area contributed by atoms with Gasteiger partial charge in [-0.15, -0.1) is 0 Å². The van der Waals surface area contributed by atoms with E-state index in [2.05, 4.69) is 68.7 Å². The van der Waals surface area contributed by atoms with Crippen molar-refractivity contribution in [2.75, 3.05) is 24.5 Å². The number of carboxylic acids is 1. The van der Waals surface area contributed by atoms with Crippen LogP contribution < -0.4 is 10.2 Å².